The maximum atomic E-state index is 13.8. The highest BCUT2D eigenvalue weighted by molar-refractivity contribution is 5.21. The first-order valence-electron chi connectivity index (χ1n) is 11.1. The molecule has 0 radical (unpaired) electrons. The van der Waals surface area contributed by atoms with Crippen LogP contribution in [0.2, 0.25) is 0 Å². The number of aryl methyl sites for hydroxylation is 1. The Hall–Kier alpha value is -2.02. The minimum absolute atomic E-state index is 0.0454. The fraction of sp³-hybridized carbons (Fsp3) is 0.583. The molecule has 2 aromatic heterocycles. The Labute approximate surface area is 180 Å². The smallest absolute Gasteiger partial charge is 0.375 e. The van der Waals surface area contributed by atoms with Gasteiger partial charge in [0.2, 0.25) is 0 Å². The van der Waals surface area contributed by atoms with E-state index in [1.165, 1.54) is 12.8 Å². The van der Waals surface area contributed by atoms with Crippen molar-refractivity contribution in [3.8, 4) is 0 Å². The van der Waals surface area contributed by atoms with Crippen LogP contribution in [0.15, 0.2) is 36.7 Å². The van der Waals surface area contributed by atoms with Crippen molar-refractivity contribution in [3.05, 3.63) is 59.4 Å². The number of aromatic nitrogens is 2. The molecule has 4 rings (SSSR count). The topological polar surface area (TPSA) is 35.0 Å². The van der Waals surface area contributed by atoms with Crippen molar-refractivity contribution in [1.29, 1.82) is 0 Å². The summed E-state index contributed by atoms with van der Waals surface area (Å²) in [4.78, 5) is 7.99. The molecule has 0 aromatic carbocycles. The van der Waals surface area contributed by atoms with E-state index < -0.39 is 17.7 Å². The fourth-order valence-corrected chi connectivity index (χ4v) is 5.41. The van der Waals surface area contributed by atoms with Crippen LogP contribution < -0.4 is 0 Å². The molecule has 1 aliphatic heterocycles. The molecule has 0 N–H and O–H groups in total. The summed E-state index contributed by atoms with van der Waals surface area (Å²) in [7, 11) is 0. The fourth-order valence-electron chi connectivity index (χ4n) is 5.41. The largest absolute Gasteiger partial charge is 0.436 e. The van der Waals surface area contributed by atoms with Crippen LogP contribution in [-0.4, -0.2) is 22.2 Å². The Kier molecular flexibility index (Phi) is 6.33. The molecule has 3 heterocycles. The summed E-state index contributed by atoms with van der Waals surface area (Å²) in [6, 6.07) is 7.01. The van der Waals surface area contributed by atoms with Crippen LogP contribution >= 0.6 is 0 Å². The second kappa shape index (κ2) is 8.85. The molecular weight excluding hydrogens is 408 g/mol. The monoisotopic (exact) mass is 436 g/mol. The highest BCUT2D eigenvalue weighted by atomic mass is 19.4. The summed E-state index contributed by atoms with van der Waals surface area (Å²) in [6.45, 7) is 0.727. The van der Waals surface area contributed by atoms with E-state index in [0.29, 0.717) is 12.0 Å². The maximum absolute atomic E-state index is 13.8. The molecule has 2 fully saturated rings. The Morgan fingerprint density at radius 1 is 1.03 bits per heavy atom. The minimum Gasteiger partial charge on any atom is -0.375 e. The Morgan fingerprint density at radius 3 is 2.52 bits per heavy atom. The first-order valence-corrected chi connectivity index (χ1v) is 11.1. The summed E-state index contributed by atoms with van der Waals surface area (Å²) in [6.07, 6.45) is 7.77. The number of alkyl halides is 3. The van der Waals surface area contributed by atoms with Gasteiger partial charge in [-0.25, -0.2) is 9.37 Å². The van der Waals surface area contributed by atoms with Crippen LogP contribution in [0.25, 0.3) is 0 Å². The lowest BCUT2D eigenvalue weighted by molar-refractivity contribution is -0.143. The lowest BCUT2D eigenvalue weighted by Gasteiger charge is -2.46. The first kappa shape index (κ1) is 22.2. The summed E-state index contributed by atoms with van der Waals surface area (Å²) < 4.78 is 58.2. The summed E-state index contributed by atoms with van der Waals surface area (Å²) in [5, 5.41) is 0. The van der Waals surface area contributed by atoms with E-state index in [1.807, 2.05) is 18.3 Å². The van der Waals surface area contributed by atoms with E-state index >= 15 is 0 Å². The van der Waals surface area contributed by atoms with E-state index in [9.17, 15) is 17.6 Å². The zero-order chi connectivity index (χ0) is 22.0. The molecule has 0 bridgehead atoms. The third kappa shape index (κ3) is 4.92. The zero-order valence-electron chi connectivity index (χ0n) is 17.6. The molecule has 2 aliphatic rings. The van der Waals surface area contributed by atoms with E-state index in [-0.39, 0.29) is 11.0 Å². The lowest BCUT2D eigenvalue weighted by atomic mass is 9.67. The van der Waals surface area contributed by atoms with Crippen LogP contribution in [0.4, 0.5) is 17.6 Å². The molecule has 2 aromatic rings. The molecule has 1 saturated heterocycles. The molecule has 0 unspecified atom stereocenters. The van der Waals surface area contributed by atoms with Crippen molar-refractivity contribution in [1.82, 2.24) is 9.97 Å². The number of rotatable bonds is 6. The van der Waals surface area contributed by atoms with Gasteiger partial charge < -0.3 is 4.74 Å². The third-order valence-corrected chi connectivity index (χ3v) is 6.91. The van der Waals surface area contributed by atoms with Crippen LogP contribution in [0, 0.1) is 5.82 Å². The highest BCUT2D eigenvalue weighted by Gasteiger charge is 2.48. The second-order valence-electron chi connectivity index (χ2n) is 9.04. The van der Waals surface area contributed by atoms with Crippen molar-refractivity contribution < 1.29 is 22.3 Å². The molecule has 3 nitrogen and oxygen atoms in total. The van der Waals surface area contributed by atoms with Crippen LogP contribution in [0.3, 0.4) is 0 Å². The van der Waals surface area contributed by atoms with Crippen LogP contribution in [0.1, 0.15) is 74.7 Å². The number of nitrogens with zero attached hydrogens (tertiary/aromatic N) is 2. The van der Waals surface area contributed by atoms with E-state index in [4.69, 9.17) is 4.74 Å². The molecule has 168 valence electrons. The summed E-state index contributed by atoms with van der Waals surface area (Å²) in [5.41, 5.74) is 0.0573. The minimum atomic E-state index is -4.77. The van der Waals surface area contributed by atoms with Gasteiger partial charge in [-0.05, 0) is 68.7 Å². The van der Waals surface area contributed by atoms with Crippen molar-refractivity contribution in [2.45, 2.75) is 81.4 Å². The number of halogens is 4. The maximum Gasteiger partial charge on any atom is 0.436 e. The number of hydrogen-bond donors (Lipinski definition) is 0. The first-order chi connectivity index (χ1) is 14.8. The molecular formula is C24H28F4N2O. The van der Waals surface area contributed by atoms with Crippen LogP contribution in [0.5, 0.6) is 0 Å². The van der Waals surface area contributed by atoms with Gasteiger partial charge in [-0.3, -0.25) is 4.98 Å². The summed E-state index contributed by atoms with van der Waals surface area (Å²) >= 11 is 0. The average molecular weight is 436 g/mol. The predicted molar refractivity (Wildman–Crippen MR) is 109 cm³/mol. The standard InChI is InChI=1S/C24H28F4N2O/c25-19-15-18(16-30-21(19)24(26,27)28)7-1-3-9-22(20-8-2-6-13-29-20)12-14-31-23(17-22)10-4-5-11-23/h2,6,8,13,15-16H,1,3-5,7,9-12,14,17H2/t22-/m1/s1. The molecule has 31 heavy (non-hydrogen) atoms. The molecule has 1 atom stereocenters. The van der Waals surface area contributed by atoms with Gasteiger partial charge in [0.25, 0.3) is 0 Å². The number of pyridine rings is 2. The quantitative estimate of drug-likeness (QED) is 0.388. The van der Waals surface area contributed by atoms with Crippen LogP contribution in [-0.2, 0) is 22.7 Å². The van der Waals surface area contributed by atoms with Crippen molar-refractivity contribution >= 4 is 0 Å². The molecule has 1 aliphatic carbocycles. The van der Waals surface area contributed by atoms with Crippen molar-refractivity contribution in [2.75, 3.05) is 6.61 Å². The van der Waals surface area contributed by atoms with Gasteiger partial charge in [0, 0.05) is 30.1 Å². The highest BCUT2D eigenvalue weighted by Crippen LogP contribution is 2.50. The van der Waals surface area contributed by atoms with Gasteiger partial charge in [0.05, 0.1) is 5.60 Å². The van der Waals surface area contributed by atoms with E-state index in [0.717, 1.165) is 69.5 Å². The van der Waals surface area contributed by atoms with Gasteiger partial charge in [0.1, 0.15) is 0 Å². The molecule has 0 amide bonds. The van der Waals surface area contributed by atoms with Gasteiger partial charge in [0.15, 0.2) is 11.5 Å². The number of hydrogen-bond acceptors (Lipinski definition) is 3. The third-order valence-electron chi connectivity index (χ3n) is 6.91. The van der Waals surface area contributed by atoms with Crippen molar-refractivity contribution in [3.63, 3.8) is 0 Å². The summed E-state index contributed by atoms with van der Waals surface area (Å²) in [5.74, 6) is -1.30. The zero-order valence-corrected chi connectivity index (χ0v) is 17.6. The van der Waals surface area contributed by atoms with Gasteiger partial charge in [-0.15, -0.1) is 0 Å². The van der Waals surface area contributed by atoms with Gasteiger partial charge in [-0.2, -0.15) is 13.2 Å². The molecule has 7 heteroatoms. The van der Waals surface area contributed by atoms with E-state index in [1.54, 1.807) is 0 Å². The average Bonchev–Trinajstić information content (AvgIpc) is 3.18. The normalized spacial score (nSPS) is 23.4. The lowest BCUT2D eigenvalue weighted by Crippen LogP contribution is -2.46. The van der Waals surface area contributed by atoms with E-state index in [2.05, 4.69) is 16.0 Å². The Bertz CT molecular complexity index is 881. The Morgan fingerprint density at radius 2 is 1.84 bits per heavy atom. The Balaban J connectivity index is 1.42. The number of ether oxygens (including phenoxy) is 1. The van der Waals surface area contributed by atoms with Gasteiger partial charge in [-0.1, -0.05) is 25.3 Å². The predicted octanol–water partition coefficient (Wildman–Crippen LogP) is 6.41. The molecule has 1 saturated carbocycles. The molecule has 1 spiro atoms. The SMILES string of the molecule is Fc1cc(CCCC[C@@]2(c3ccccn3)CCOC3(CCCC3)C2)cnc1C(F)(F)F. The number of unbranched alkanes of at least 4 members (excludes halogenated alkanes) is 1. The second-order valence-corrected chi connectivity index (χ2v) is 9.04. The van der Waals surface area contributed by atoms with Gasteiger partial charge >= 0.3 is 6.18 Å². The van der Waals surface area contributed by atoms with Crippen molar-refractivity contribution in [2.24, 2.45) is 0 Å².